The van der Waals surface area contributed by atoms with Gasteiger partial charge in [0.05, 0.1) is 18.6 Å². The zero-order chi connectivity index (χ0) is 101. The Labute approximate surface area is 825 Å². The molecule has 26 heteroatoms. The van der Waals surface area contributed by atoms with Crippen molar-refractivity contribution in [3.63, 3.8) is 0 Å². The van der Waals surface area contributed by atoms with Gasteiger partial charge in [-0.25, -0.2) is 26.3 Å². The van der Waals surface area contributed by atoms with Crippen molar-refractivity contribution in [1.82, 2.24) is 0 Å². The molecule has 17 rings (SSSR count). The van der Waals surface area contributed by atoms with Crippen molar-refractivity contribution in [1.29, 1.82) is 0 Å². The van der Waals surface area contributed by atoms with E-state index in [1.807, 2.05) is 0 Å². The quantitative estimate of drug-likeness (QED) is 0.0437. The molecule has 141 heavy (non-hydrogen) atoms. The SMILES string of the molecule is C=CC1CCC(C2CCC(/C=C/C)CC2)CC1.CC1CCC(C2CCC(C(F)(F)Oc3cc(F)c(F)c(F)c3)CC2)OC1.CC1CCC(C2CCC(C(F)(F)Oc3cc(F)c(F)c(F)c3)OC2)CC1.CC1CCC(C2CCC(c3ccc(OC(F)(F)F)cc3)CC2)CC1.CC1CCC(C2CCC(c3ccc(OC(F)(F)F)cc3)CC2)CC1.CC1CCC(C2CCC(c3ccc(OC(F)(F)F)cc3)CC2)CC1. The van der Waals surface area contributed by atoms with Crippen LogP contribution in [0.4, 0.5) is 83.4 Å². The maximum Gasteiger partial charge on any atom is 0.573 e. The molecule has 2 heterocycles. The van der Waals surface area contributed by atoms with Crippen LogP contribution in [-0.4, -0.2) is 56.7 Å². The van der Waals surface area contributed by atoms with Gasteiger partial charge in [-0.3, -0.25) is 0 Å². The number of hydrogen-bond acceptors (Lipinski definition) is 7. The summed E-state index contributed by atoms with van der Waals surface area (Å²) in [5.41, 5.74) is 3.46. The van der Waals surface area contributed by atoms with Gasteiger partial charge in [-0.15, -0.1) is 46.1 Å². The number of ether oxygens (including phenoxy) is 7. The highest BCUT2D eigenvalue weighted by Crippen LogP contribution is 2.52. The third kappa shape index (κ3) is 35.7. The molecule has 12 fully saturated rings. The van der Waals surface area contributed by atoms with Crippen molar-refractivity contribution in [2.24, 2.45) is 112 Å². The molecule has 12 aliphatic rings. The van der Waals surface area contributed by atoms with Crippen molar-refractivity contribution in [2.75, 3.05) is 13.2 Å². The number of benzene rings is 5. The highest BCUT2D eigenvalue weighted by Gasteiger charge is 2.49. The van der Waals surface area contributed by atoms with Gasteiger partial charge in [-0.2, -0.15) is 17.6 Å². The molecular formula is C115H155F19O7. The van der Waals surface area contributed by atoms with Gasteiger partial charge in [0, 0.05) is 30.9 Å². The van der Waals surface area contributed by atoms with E-state index in [-0.39, 0.29) is 61.1 Å². The summed E-state index contributed by atoms with van der Waals surface area (Å²) in [6, 6.07) is 21.1. The predicted octanol–water partition coefficient (Wildman–Crippen LogP) is 36.8. The monoisotopic (exact) mass is 2010 g/mol. The molecule has 2 saturated heterocycles. The number of rotatable bonds is 20. The number of hydrogen-bond donors (Lipinski definition) is 0. The van der Waals surface area contributed by atoms with Crippen LogP contribution < -0.4 is 23.7 Å². The fraction of sp³-hybridized carbons (Fsp3) is 0.704. The Balaban J connectivity index is 0.000000152. The Kier molecular flexibility index (Phi) is 42.6. The summed E-state index contributed by atoms with van der Waals surface area (Å²) in [7, 11) is 0. The van der Waals surface area contributed by atoms with Crippen molar-refractivity contribution in [2.45, 2.75) is 385 Å². The Morgan fingerprint density at radius 3 is 0.816 bits per heavy atom. The van der Waals surface area contributed by atoms with E-state index in [0.29, 0.717) is 79.7 Å². The third-order valence-electron chi connectivity index (χ3n) is 34.5. The first-order chi connectivity index (χ1) is 67.1. The summed E-state index contributed by atoms with van der Waals surface area (Å²) in [6.45, 7) is 18.5. The van der Waals surface area contributed by atoms with Crippen LogP contribution in [0.15, 0.2) is 122 Å². The van der Waals surface area contributed by atoms with Gasteiger partial charge in [0.25, 0.3) is 0 Å². The van der Waals surface area contributed by atoms with Crippen LogP contribution in [0.1, 0.15) is 359 Å². The van der Waals surface area contributed by atoms with Crippen molar-refractivity contribution >= 4 is 0 Å². The molecule has 0 aromatic heterocycles. The molecule has 4 atom stereocenters. The van der Waals surface area contributed by atoms with Crippen LogP contribution in [-0.2, 0) is 9.47 Å². The van der Waals surface area contributed by atoms with E-state index < -0.39 is 89.7 Å². The lowest BCUT2D eigenvalue weighted by Gasteiger charge is -2.38. The average Bonchev–Trinajstić information content (AvgIpc) is 0.802. The zero-order valence-electron chi connectivity index (χ0n) is 83.6. The Morgan fingerprint density at radius 2 is 0.539 bits per heavy atom. The minimum atomic E-state index is -4.61. The lowest BCUT2D eigenvalue weighted by atomic mass is 9.68. The Bertz CT molecular complexity index is 4080. The normalized spacial score (nSPS) is 32.1. The second-order valence-corrected chi connectivity index (χ2v) is 44.4. The lowest BCUT2D eigenvalue weighted by Crippen LogP contribution is -2.45. The minimum Gasteiger partial charge on any atom is -0.432 e. The summed E-state index contributed by atoms with van der Waals surface area (Å²) in [5.74, 6) is 2.96. The highest BCUT2D eigenvalue weighted by molar-refractivity contribution is 5.33. The average molecular weight is 2010 g/mol. The first-order valence-corrected chi connectivity index (χ1v) is 53.5. The topological polar surface area (TPSA) is 64.6 Å². The van der Waals surface area contributed by atoms with Crippen LogP contribution in [0.3, 0.4) is 0 Å². The van der Waals surface area contributed by atoms with Crippen LogP contribution in [0.25, 0.3) is 0 Å². The number of alkyl halides is 13. The molecule has 10 saturated carbocycles. The van der Waals surface area contributed by atoms with Crippen LogP contribution in [0.2, 0.25) is 0 Å². The van der Waals surface area contributed by atoms with E-state index in [1.165, 1.54) is 203 Å². The molecule has 7 nitrogen and oxygen atoms in total. The van der Waals surface area contributed by atoms with Crippen LogP contribution >= 0.6 is 0 Å². The first kappa shape index (κ1) is 113. The summed E-state index contributed by atoms with van der Waals surface area (Å²) in [6.07, 6.45) is 36.1. The summed E-state index contributed by atoms with van der Waals surface area (Å²) >= 11 is 0. The number of allylic oxidation sites excluding steroid dienone is 3. The van der Waals surface area contributed by atoms with Gasteiger partial charge in [-0.05, 0) is 415 Å². The maximum absolute atomic E-state index is 14.4. The molecular weight excluding hydrogens is 1850 g/mol. The summed E-state index contributed by atoms with van der Waals surface area (Å²) in [4.78, 5) is 0. The highest BCUT2D eigenvalue weighted by atomic mass is 19.4. The Hall–Kier alpha value is -6.83. The molecule has 0 spiro atoms. The maximum atomic E-state index is 14.4. The lowest BCUT2D eigenvalue weighted by molar-refractivity contribution is -0.275. The van der Waals surface area contributed by atoms with Gasteiger partial charge in [0.1, 0.15) is 28.7 Å². The Morgan fingerprint density at radius 1 is 0.270 bits per heavy atom. The summed E-state index contributed by atoms with van der Waals surface area (Å²) in [5, 5.41) is 0. The van der Waals surface area contributed by atoms with E-state index in [4.69, 9.17) is 9.47 Å². The van der Waals surface area contributed by atoms with Gasteiger partial charge < -0.3 is 33.2 Å². The molecule has 2 aliphatic heterocycles. The molecule has 0 amide bonds. The molecule has 0 radical (unpaired) electrons. The van der Waals surface area contributed by atoms with E-state index in [0.717, 1.165) is 177 Å². The molecule has 790 valence electrons. The fourth-order valence-electron chi connectivity index (χ4n) is 25.7. The van der Waals surface area contributed by atoms with Crippen molar-refractivity contribution in [3.8, 4) is 28.7 Å². The van der Waals surface area contributed by atoms with E-state index >= 15 is 0 Å². The molecule has 5 aromatic carbocycles. The fourth-order valence-corrected chi connectivity index (χ4v) is 25.7. The summed E-state index contributed by atoms with van der Waals surface area (Å²) < 4.78 is 278. The largest absolute Gasteiger partial charge is 0.573 e. The van der Waals surface area contributed by atoms with Crippen LogP contribution in [0.5, 0.6) is 28.7 Å². The number of halogens is 19. The smallest absolute Gasteiger partial charge is 0.432 e. The second-order valence-electron chi connectivity index (χ2n) is 44.4. The molecule has 4 unspecified atom stereocenters. The van der Waals surface area contributed by atoms with Crippen molar-refractivity contribution in [3.05, 3.63) is 173 Å². The van der Waals surface area contributed by atoms with E-state index in [2.05, 4.69) is 90.0 Å². The van der Waals surface area contributed by atoms with Gasteiger partial charge in [0.2, 0.25) is 0 Å². The van der Waals surface area contributed by atoms with E-state index in [9.17, 15) is 83.4 Å². The van der Waals surface area contributed by atoms with Crippen LogP contribution in [0, 0.1) is 147 Å². The van der Waals surface area contributed by atoms with Crippen molar-refractivity contribution < 1.29 is 117 Å². The zero-order valence-corrected chi connectivity index (χ0v) is 83.6. The second kappa shape index (κ2) is 53.2. The third-order valence-corrected chi connectivity index (χ3v) is 34.5. The first-order valence-electron chi connectivity index (χ1n) is 53.5. The van der Waals surface area contributed by atoms with Gasteiger partial charge >= 0.3 is 31.3 Å². The van der Waals surface area contributed by atoms with Gasteiger partial charge in [-0.1, -0.05) is 141 Å². The standard InChI is InChI=1S/3C20H27F3O.2C19H23F5O2.C17H28/c3*1-14-2-4-15(5-3-14)16-6-8-17(9-7-16)18-10-12-19(13-11-18)24-20(21,22)23;1-11-2-7-17(25-10-11)12-3-5-13(6-4-12)19(23,24)26-14-8-15(20)18(22)16(21)9-14;1-11-2-4-12(5-3-11)13-6-7-17(25-10-13)19(23,24)26-14-8-15(20)18(22)16(21)9-14;1-3-5-15-8-12-17(13-9-15)16-10-6-14(4-2)7-11-16/h3*10-17H,2-9H2,1H3;2*8-9,11-13,17H,2-7,10H2,1H3;3-5,14-17H,2,6-13H2,1H3/b;;;;;5-3+. The molecule has 0 N–H and O–H groups in total. The minimum absolute atomic E-state index is 0.107. The predicted molar refractivity (Wildman–Crippen MR) is 514 cm³/mol. The molecule has 5 aromatic rings. The molecule has 0 bridgehead atoms. The van der Waals surface area contributed by atoms with Gasteiger partial charge in [0.15, 0.2) is 41.0 Å². The van der Waals surface area contributed by atoms with E-state index in [1.54, 1.807) is 36.4 Å². The molecule has 10 aliphatic carbocycles.